The van der Waals surface area contributed by atoms with E-state index in [1.165, 1.54) is 5.56 Å². The van der Waals surface area contributed by atoms with E-state index in [9.17, 15) is 4.79 Å². The second kappa shape index (κ2) is 4.03. The average Bonchev–Trinajstić information content (AvgIpc) is 2.54. The number of carbonyl (C=O) groups is 1. The van der Waals surface area contributed by atoms with Crippen molar-refractivity contribution < 1.29 is 9.53 Å². The molecule has 3 heteroatoms. The van der Waals surface area contributed by atoms with Crippen molar-refractivity contribution in [3.8, 4) is 0 Å². The summed E-state index contributed by atoms with van der Waals surface area (Å²) in [5.41, 5.74) is 8.16. The van der Waals surface area contributed by atoms with E-state index >= 15 is 0 Å². The molecule has 0 saturated carbocycles. The number of benzene rings is 1. The van der Waals surface area contributed by atoms with Crippen LogP contribution in [-0.4, -0.2) is 18.6 Å². The zero-order valence-corrected chi connectivity index (χ0v) is 8.77. The van der Waals surface area contributed by atoms with Gasteiger partial charge in [0, 0.05) is 6.04 Å². The number of hydrogen-bond acceptors (Lipinski definition) is 3. The summed E-state index contributed by atoms with van der Waals surface area (Å²) in [7, 11) is 0. The molecular formula is C12H15NO2. The molecule has 2 N–H and O–H groups in total. The van der Waals surface area contributed by atoms with Crippen LogP contribution in [-0.2, 0) is 16.0 Å². The first-order chi connectivity index (χ1) is 7.24. The SMILES string of the molecule is CCOC(=O)C1c2ccccc2CC1N. The highest BCUT2D eigenvalue weighted by molar-refractivity contribution is 5.81. The van der Waals surface area contributed by atoms with E-state index in [4.69, 9.17) is 10.5 Å². The van der Waals surface area contributed by atoms with Crippen LogP contribution in [0.4, 0.5) is 0 Å². The van der Waals surface area contributed by atoms with Crippen LogP contribution in [0.3, 0.4) is 0 Å². The van der Waals surface area contributed by atoms with Gasteiger partial charge in [0.2, 0.25) is 0 Å². The number of nitrogens with two attached hydrogens (primary N) is 1. The maximum atomic E-state index is 11.7. The minimum absolute atomic E-state index is 0.138. The minimum atomic E-state index is -0.277. The molecule has 3 nitrogen and oxygen atoms in total. The second-order valence-electron chi connectivity index (χ2n) is 3.80. The molecule has 1 aliphatic carbocycles. The molecule has 2 rings (SSSR count). The molecule has 15 heavy (non-hydrogen) atoms. The molecule has 0 radical (unpaired) electrons. The quantitative estimate of drug-likeness (QED) is 0.738. The minimum Gasteiger partial charge on any atom is -0.465 e. The van der Waals surface area contributed by atoms with Gasteiger partial charge >= 0.3 is 5.97 Å². The Morgan fingerprint density at radius 1 is 1.53 bits per heavy atom. The second-order valence-corrected chi connectivity index (χ2v) is 3.80. The first-order valence-electron chi connectivity index (χ1n) is 5.24. The van der Waals surface area contributed by atoms with E-state index in [1.807, 2.05) is 31.2 Å². The molecule has 80 valence electrons. The molecule has 0 fully saturated rings. The first kappa shape index (κ1) is 10.2. The van der Waals surface area contributed by atoms with Crippen LogP contribution in [0.25, 0.3) is 0 Å². The molecule has 1 aliphatic rings. The highest BCUT2D eigenvalue weighted by Crippen LogP contribution is 2.32. The Morgan fingerprint density at radius 2 is 2.27 bits per heavy atom. The lowest BCUT2D eigenvalue weighted by Crippen LogP contribution is -2.31. The van der Waals surface area contributed by atoms with Gasteiger partial charge in [0.15, 0.2) is 0 Å². The third-order valence-electron chi connectivity index (χ3n) is 2.81. The molecule has 0 aliphatic heterocycles. The van der Waals surface area contributed by atoms with Crippen molar-refractivity contribution in [1.82, 2.24) is 0 Å². The third kappa shape index (κ3) is 1.75. The predicted molar refractivity (Wildman–Crippen MR) is 57.5 cm³/mol. The molecule has 0 spiro atoms. The molecule has 2 unspecified atom stereocenters. The van der Waals surface area contributed by atoms with Gasteiger partial charge in [0.05, 0.1) is 12.5 Å². The van der Waals surface area contributed by atoms with Gasteiger partial charge in [-0.1, -0.05) is 24.3 Å². The number of esters is 1. The average molecular weight is 205 g/mol. The Balaban J connectivity index is 2.29. The standard InChI is InChI=1S/C12H15NO2/c1-2-15-12(14)11-9-6-4-3-5-8(9)7-10(11)13/h3-6,10-11H,2,7,13H2,1H3. The summed E-state index contributed by atoms with van der Waals surface area (Å²) >= 11 is 0. The zero-order chi connectivity index (χ0) is 10.8. The first-order valence-corrected chi connectivity index (χ1v) is 5.24. The fraction of sp³-hybridized carbons (Fsp3) is 0.417. The highest BCUT2D eigenvalue weighted by Gasteiger charge is 2.35. The Morgan fingerprint density at radius 3 is 3.00 bits per heavy atom. The van der Waals surface area contributed by atoms with Crippen LogP contribution in [0.15, 0.2) is 24.3 Å². The van der Waals surface area contributed by atoms with Crippen molar-refractivity contribution in [2.45, 2.75) is 25.3 Å². The largest absolute Gasteiger partial charge is 0.465 e. The summed E-state index contributed by atoms with van der Waals surface area (Å²) in [6.07, 6.45) is 0.764. The smallest absolute Gasteiger partial charge is 0.315 e. The van der Waals surface area contributed by atoms with Gasteiger partial charge in [-0.3, -0.25) is 4.79 Å². The predicted octanol–water partition coefficient (Wildman–Crippen LogP) is 1.22. The number of ether oxygens (including phenoxy) is 1. The van der Waals surface area contributed by atoms with Crippen molar-refractivity contribution in [1.29, 1.82) is 0 Å². The van der Waals surface area contributed by atoms with Crippen molar-refractivity contribution in [2.24, 2.45) is 5.73 Å². The summed E-state index contributed by atoms with van der Waals surface area (Å²) in [5, 5.41) is 0. The summed E-state index contributed by atoms with van der Waals surface area (Å²) in [6.45, 7) is 2.22. The van der Waals surface area contributed by atoms with Gasteiger partial charge in [-0.2, -0.15) is 0 Å². The molecule has 1 aromatic rings. The van der Waals surface area contributed by atoms with Gasteiger partial charge in [0.1, 0.15) is 0 Å². The summed E-state index contributed by atoms with van der Waals surface area (Å²) in [5.74, 6) is -0.476. The molecule has 1 aromatic carbocycles. The fourth-order valence-electron chi connectivity index (χ4n) is 2.16. The van der Waals surface area contributed by atoms with Crippen LogP contribution >= 0.6 is 0 Å². The fourth-order valence-corrected chi connectivity index (χ4v) is 2.16. The topological polar surface area (TPSA) is 52.3 Å². The monoisotopic (exact) mass is 205 g/mol. The molecule has 0 saturated heterocycles. The van der Waals surface area contributed by atoms with Crippen LogP contribution < -0.4 is 5.73 Å². The molecular weight excluding hydrogens is 190 g/mol. The third-order valence-corrected chi connectivity index (χ3v) is 2.81. The van der Waals surface area contributed by atoms with Gasteiger partial charge < -0.3 is 10.5 Å². The summed E-state index contributed by atoms with van der Waals surface area (Å²) < 4.78 is 5.03. The van der Waals surface area contributed by atoms with Gasteiger partial charge in [0.25, 0.3) is 0 Å². The van der Waals surface area contributed by atoms with Crippen LogP contribution in [0.5, 0.6) is 0 Å². The van der Waals surface area contributed by atoms with Gasteiger partial charge in [-0.15, -0.1) is 0 Å². The maximum Gasteiger partial charge on any atom is 0.315 e. The van der Waals surface area contributed by atoms with Gasteiger partial charge in [-0.05, 0) is 24.5 Å². The van der Waals surface area contributed by atoms with Crippen LogP contribution in [0, 0.1) is 0 Å². The Kier molecular flexibility index (Phi) is 2.73. The van der Waals surface area contributed by atoms with E-state index in [0.717, 1.165) is 12.0 Å². The normalized spacial score (nSPS) is 23.6. The Labute approximate surface area is 89.2 Å². The Hall–Kier alpha value is -1.35. The molecule has 0 aromatic heterocycles. The lowest BCUT2D eigenvalue weighted by molar-refractivity contribution is -0.145. The summed E-state index contributed by atoms with van der Waals surface area (Å²) in [4.78, 5) is 11.7. The molecule has 2 atom stereocenters. The van der Waals surface area contributed by atoms with E-state index in [0.29, 0.717) is 6.61 Å². The number of carbonyl (C=O) groups excluding carboxylic acids is 1. The van der Waals surface area contributed by atoms with Crippen molar-refractivity contribution in [3.63, 3.8) is 0 Å². The van der Waals surface area contributed by atoms with Crippen molar-refractivity contribution in [2.75, 3.05) is 6.61 Å². The lowest BCUT2D eigenvalue weighted by Gasteiger charge is -2.14. The van der Waals surface area contributed by atoms with E-state index < -0.39 is 0 Å². The van der Waals surface area contributed by atoms with Crippen molar-refractivity contribution >= 4 is 5.97 Å². The Bertz CT molecular complexity index is 376. The zero-order valence-electron chi connectivity index (χ0n) is 8.77. The van der Waals surface area contributed by atoms with E-state index in [-0.39, 0.29) is 17.9 Å². The summed E-state index contributed by atoms with van der Waals surface area (Å²) in [6, 6.07) is 7.75. The van der Waals surface area contributed by atoms with E-state index in [1.54, 1.807) is 0 Å². The number of hydrogen-bond donors (Lipinski definition) is 1. The number of fused-ring (bicyclic) bond motifs is 1. The van der Waals surface area contributed by atoms with E-state index in [2.05, 4.69) is 0 Å². The highest BCUT2D eigenvalue weighted by atomic mass is 16.5. The van der Waals surface area contributed by atoms with Crippen molar-refractivity contribution in [3.05, 3.63) is 35.4 Å². The van der Waals surface area contributed by atoms with Gasteiger partial charge in [-0.25, -0.2) is 0 Å². The number of rotatable bonds is 2. The van der Waals surface area contributed by atoms with Crippen LogP contribution in [0.1, 0.15) is 24.0 Å². The molecule has 0 heterocycles. The maximum absolute atomic E-state index is 11.7. The molecule has 0 amide bonds. The molecule has 0 bridgehead atoms. The van der Waals surface area contributed by atoms with Crippen LogP contribution in [0.2, 0.25) is 0 Å². The lowest BCUT2D eigenvalue weighted by atomic mass is 9.99.